The van der Waals surface area contributed by atoms with Crippen molar-refractivity contribution in [3.8, 4) is 5.75 Å². The second-order valence-corrected chi connectivity index (χ2v) is 7.55. The summed E-state index contributed by atoms with van der Waals surface area (Å²) in [6.07, 6.45) is 0. The molecule has 0 aliphatic heterocycles. The van der Waals surface area contributed by atoms with E-state index >= 15 is 0 Å². The van der Waals surface area contributed by atoms with Gasteiger partial charge in [-0.25, -0.2) is 12.8 Å². The normalized spacial score (nSPS) is 11.6. The molecule has 25 heavy (non-hydrogen) atoms. The molecule has 0 spiro atoms. The monoisotopic (exact) mass is 388 g/mol. The summed E-state index contributed by atoms with van der Waals surface area (Å²) >= 11 is 5.70. The molecular weight excluding hydrogens is 375 g/mol. The van der Waals surface area contributed by atoms with Crippen LogP contribution in [0.3, 0.4) is 0 Å². The van der Waals surface area contributed by atoms with E-state index in [9.17, 15) is 22.9 Å². The van der Waals surface area contributed by atoms with Crippen LogP contribution in [0.5, 0.6) is 5.75 Å². The highest BCUT2D eigenvalue weighted by Crippen LogP contribution is 2.30. The molecule has 2 aromatic carbocycles. The van der Waals surface area contributed by atoms with E-state index < -0.39 is 31.3 Å². The van der Waals surface area contributed by atoms with Gasteiger partial charge in [0.05, 0.1) is 12.0 Å². The molecule has 0 N–H and O–H groups in total. The van der Waals surface area contributed by atoms with Crippen molar-refractivity contribution in [2.24, 2.45) is 0 Å². The Morgan fingerprint density at radius 3 is 2.52 bits per heavy atom. The molecule has 0 unspecified atom stereocenters. The van der Waals surface area contributed by atoms with Gasteiger partial charge in [-0.3, -0.25) is 10.1 Å². The van der Waals surface area contributed by atoms with Gasteiger partial charge in [0, 0.05) is 24.7 Å². The summed E-state index contributed by atoms with van der Waals surface area (Å²) in [5.41, 5.74) is -0.263. The number of nitrogens with zero attached hydrogens (tertiary/aromatic N) is 2. The van der Waals surface area contributed by atoms with Gasteiger partial charge in [0.25, 0.3) is 5.69 Å². The first-order chi connectivity index (χ1) is 11.7. The minimum atomic E-state index is -4.18. The van der Waals surface area contributed by atoms with E-state index in [0.717, 1.165) is 22.5 Å². The molecule has 10 heteroatoms. The van der Waals surface area contributed by atoms with Gasteiger partial charge >= 0.3 is 0 Å². The molecule has 0 atom stereocenters. The number of halogens is 2. The Kier molecular flexibility index (Phi) is 5.61. The Hall–Kier alpha value is -2.23. The summed E-state index contributed by atoms with van der Waals surface area (Å²) in [5, 5.41) is 11.2. The Balaban J connectivity index is 2.37. The van der Waals surface area contributed by atoms with Crippen molar-refractivity contribution in [2.45, 2.75) is 11.4 Å². The van der Waals surface area contributed by atoms with Crippen LogP contribution >= 0.6 is 11.6 Å². The molecule has 0 aromatic heterocycles. The van der Waals surface area contributed by atoms with Crippen LogP contribution in [0.2, 0.25) is 5.02 Å². The SMILES string of the molecule is COc1ccc(CN(C)S(=O)(=O)c2ccc(Cl)cc2[N+](=O)[O-])cc1F. The first-order valence-electron chi connectivity index (χ1n) is 6.89. The molecule has 0 radical (unpaired) electrons. The second kappa shape index (κ2) is 7.34. The fourth-order valence-corrected chi connectivity index (χ4v) is 3.63. The van der Waals surface area contributed by atoms with Crippen molar-refractivity contribution >= 4 is 27.3 Å². The summed E-state index contributed by atoms with van der Waals surface area (Å²) in [6.45, 7) is -0.178. The Morgan fingerprint density at radius 1 is 1.28 bits per heavy atom. The Bertz CT molecular complexity index is 920. The number of nitro groups is 1. The summed E-state index contributed by atoms with van der Waals surface area (Å²) in [7, 11) is -1.62. The van der Waals surface area contributed by atoms with Crippen LogP contribution in [0.15, 0.2) is 41.3 Å². The van der Waals surface area contributed by atoms with Crippen molar-refractivity contribution in [2.75, 3.05) is 14.2 Å². The molecule has 0 aliphatic rings. The average molecular weight is 389 g/mol. The minimum absolute atomic E-state index is 0.0302. The Labute approximate surface area is 148 Å². The maximum atomic E-state index is 13.7. The van der Waals surface area contributed by atoms with Crippen molar-refractivity contribution in [1.82, 2.24) is 4.31 Å². The molecule has 0 heterocycles. The van der Waals surface area contributed by atoms with Gasteiger partial charge in [0.1, 0.15) is 0 Å². The Morgan fingerprint density at radius 2 is 1.96 bits per heavy atom. The third-order valence-corrected chi connectivity index (χ3v) is 5.51. The van der Waals surface area contributed by atoms with Gasteiger partial charge < -0.3 is 4.74 Å². The van der Waals surface area contributed by atoms with Crippen LogP contribution < -0.4 is 4.74 Å². The fraction of sp³-hybridized carbons (Fsp3) is 0.200. The van der Waals surface area contributed by atoms with E-state index in [0.29, 0.717) is 5.56 Å². The fourth-order valence-electron chi connectivity index (χ4n) is 2.17. The molecule has 0 amide bonds. The number of nitro benzene ring substituents is 1. The molecule has 0 aliphatic carbocycles. The molecule has 0 fully saturated rings. The number of ether oxygens (including phenoxy) is 1. The van der Waals surface area contributed by atoms with Crippen LogP contribution in [0.1, 0.15) is 5.56 Å². The smallest absolute Gasteiger partial charge is 0.290 e. The maximum absolute atomic E-state index is 13.7. The van der Waals surface area contributed by atoms with Gasteiger partial charge in [-0.15, -0.1) is 0 Å². The summed E-state index contributed by atoms with van der Waals surface area (Å²) in [5.74, 6) is -0.606. The predicted octanol–water partition coefficient (Wildman–Crippen LogP) is 3.22. The summed E-state index contributed by atoms with van der Waals surface area (Å²) < 4.78 is 44.7. The number of methoxy groups -OCH3 is 1. The zero-order chi connectivity index (χ0) is 18.8. The van der Waals surface area contributed by atoms with Crippen LogP contribution in [0, 0.1) is 15.9 Å². The predicted molar refractivity (Wildman–Crippen MR) is 89.7 cm³/mol. The lowest BCUT2D eigenvalue weighted by Gasteiger charge is -2.17. The van der Waals surface area contributed by atoms with E-state index in [1.165, 1.54) is 32.4 Å². The van der Waals surface area contributed by atoms with Crippen LogP contribution in [0.4, 0.5) is 10.1 Å². The quantitative estimate of drug-likeness (QED) is 0.560. The van der Waals surface area contributed by atoms with Gasteiger partial charge in [0.2, 0.25) is 10.0 Å². The second-order valence-electron chi connectivity index (χ2n) is 5.10. The van der Waals surface area contributed by atoms with E-state index in [4.69, 9.17) is 16.3 Å². The van der Waals surface area contributed by atoms with E-state index in [-0.39, 0.29) is 17.3 Å². The van der Waals surface area contributed by atoms with Crippen LogP contribution in [-0.4, -0.2) is 31.8 Å². The van der Waals surface area contributed by atoms with Crippen molar-refractivity contribution in [3.63, 3.8) is 0 Å². The number of hydrogen-bond acceptors (Lipinski definition) is 5. The third kappa shape index (κ3) is 4.06. The highest BCUT2D eigenvalue weighted by molar-refractivity contribution is 7.89. The first kappa shape index (κ1) is 19.1. The first-order valence-corrected chi connectivity index (χ1v) is 8.71. The number of rotatable bonds is 6. The molecule has 0 saturated carbocycles. The van der Waals surface area contributed by atoms with Crippen molar-refractivity contribution in [1.29, 1.82) is 0 Å². The number of benzene rings is 2. The van der Waals surface area contributed by atoms with E-state index in [2.05, 4.69) is 0 Å². The highest BCUT2D eigenvalue weighted by atomic mass is 35.5. The van der Waals surface area contributed by atoms with Crippen LogP contribution in [-0.2, 0) is 16.6 Å². The summed E-state index contributed by atoms with van der Waals surface area (Å²) in [4.78, 5) is 9.81. The lowest BCUT2D eigenvalue weighted by atomic mass is 10.2. The topological polar surface area (TPSA) is 89.8 Å². The zero-order valence-electron chi connectivity index (χ0n) is 13.3. The third-order valence-electron chi connectivity index (χ3n) is 3.43. The molecular formula is C15H14ClFN2O5S. The average Bonchev–Trinajstić information content (AvgIpc) is 2.54. The van der Waals surface area contributed by atoms with Gasteiger partial charge in [-0.1, -0.05) is 17.7 Å². The molecule has 0 bridgehead atoms. The van der Waals surface area contributed by atoms with Crippen LogP contribution in [0.25, 0.3) is 0 Å². The van der Waals surface area contributed by atoms with E-state index in [1.54, 1.807) is 0 Å². The number of sulfonamides is 1. The highest BCUT2D eigenvalue weighted by Gasteiger charge is 2.30. The summed E-state index contributed by atoms with van der Waals surface area (Å²) in [6, 6.07) is 7.31. The number of hydrogen-bond donors (Lipinski definition) is 0. The molecule has 0 saturated heterocycles. The lowest BCUT2D eigenvalue weighted by Crippen LogP contribution is -2.27. The molecule has 7 nitrogen and oxygen atoms in total. The van der Waals surface area contributed by atoms with Crippen molar-refractivity contribution < 1.29 is 22.5 Å². The molecule has 2 aromatic rings. The van der Waals surface area contributed by atoms with E-state index in [1.807, 2.05) is 0 Å². The van der Waals surface area contributed by atoms with Crippen molar-refractivity contribution in [3.05, 3.63) is 62.9 Å². The maximum Gasteiger partial charge on any atom is 0.290 e. The van der Waals surface area contributed by atoms with Gasteiger partial charge in [-0.2, -0.15) is 4.31 Å². The minimum Gasteiger partial charge on any atom is -0.494 e. The largest absolute Gasteiger partial charge is 0.494 e. The lowest BCUT2D eigenvalue weighted by molar-refractivity contribution is -0.387. The van der Waals surface area contributed by atoms with Gasteiger partial charge in [0.15, 0.2) is 16.5 Å². The zero-order valence-corrected chi connectivity index (χ0v) is 14.8. The van der Waals surface area contributed by atoms with Gasteiger partial charge in [-0.05, 0) is 29.8 Å². The standard InChI is InChI=1S/C15H14ClFN2O5S/c1-18(9-10-3-5-14(24-2)12(17)7-10)25(22,23)15-6-4-11(16)8-13(15)19(20)21/h3-8H,9H2,1-2H3. The molecule has 2 rings (SSSR count). The molecule has 134 valence electrons.